The highest BCUT2D eigenvalue weighted by atomic mass is 35.5. The summed E-state index contributed by atoms with van der Waals surface area (Å²) in [6.07, 6.45) is 3.03. The van der Waals surface area contributed by atoms with Gasteiger partial charge in [0.25, 0.3) is 0 Å². The Morgan fingerprint density at radius 1 is 1.14 bits per heavy atom. The van der Waals surface area contributed by atoms with Gasteiger partial charge in [0.05, 0.1) is 19.9 Å². The van der Waals surface area contributed by atoms with E-state index in [0.29, 0.717) is 22.2 Å². The molecule has 0 aliphatic rings. The molecule has 0 atom stereocenters. The Labute approximate surface area is 172 Å². The van der Waals surface area contributed by atoms with Crippen LogP contribution in [0.5, 0.6) is 11.5 Å². The number of methoxy groups -OCH3 is 2. The van der Waals surface area contributed by atoms with Crippen LogP contribution in [0.3, 0.4) is 0 Å². The number of aromatic nitrogens is 1. The topological polar surface area (TPSA) is 57.7 Å². The first-order chi connectivity index (χ1) is 13.6. The summed E-state index contributed by atoms with van der Waals surface area (Å²) in [4.78, 5) is 16.4. The van der Waals surface area contributed by atoms with Gasteiger partial charge in [0.2, 0.25) is 0 Å². The molecule has 0 aliphatic heterocycles. The number of esters is 1. The minimum absolute atomic E-state index is 0.0997. The van der Waals surface area contributed by atoms with Crippen molar-refractivity contribution in [3.8, 4) is 22.1 Å². The summed E-state index contributed by atoms with van der Waals surface area (Å²) in [7, 11) is 3.18. The first-order valence-electron chi connectivity index (χ1n) is 8.36. The summed E-state index contributed by atoms with van der Waals surface area (Å²) >= 11 is 7.39. The fourth-order valence-corrected chi connectivity index (χ4v) is 3.44. The molecule has 0 aliphatic carbocycles. The van der Waals surface area contributed by atoms with Gasteiger partial charge in [0.1, 0.15) is 11.6 Å². The van der Waals surface area contributed by atoms with Crippen molar-refractivity contribution in [2.24, 2.45) is 0 Å². The summed E-state index contributed by atoms with van der Waals surface area (Å²) in [5.41, 5.74) is 2.41. The molecule has 0 spiro atoms. The minimum atomic E-state index is -0.444. The van der Waals surface area contributed by atoms with E-state index in [2.05, 4.69) is 4.98 Å². The molecule has 3 rings (SSSR count). The molecule has 0 unspecified atom stereocenters. The van der Waals surface area contributed by atoms with Crippen LogP contribution in [0.25, 0.3) is 16.6 Å². The fourth-order valence-electron chi connectivity index (χ4n) is 2.44. The average molecular weight is 416 g/mol. The third-order valence-corrected chi connectivity index (χ3v) is 4.98. The van der Waals surface area contributed by atoms with Gasteiger partial charge < -0.3 is 14.2 Å². The molecule has 0 fully saturated rings. The lowest BCUT2D eigenvalue weighted by Gasteiger charge is -2.08. The number of benzene rings is 2. The van der Waals surface area contributed by atoms with E-state index >= 15 is 0 Å². The van der Waals surface area contributed by atoms with Gasteiger partial charge in [-0.15, -0.1) is 11.3 Å². The standard InChI is InChI=1S/C21H18ClNO4S/c1-25-18-8-7-15(11-19(18)26-2)21-23-17(13-28-21)12-27-20(24)9-6-14-4-3-5-16(22)10-14/h3-11,13H,12H2,1-2H3/b9-6+. The summed E-state index contributed by atoms with van der Waals surface area (Å²) < 4.78 is 15.8. The van der Waals surface area contributed by atoms with E-state index < -0.39 is 5.97 Å². The molecular formula is C21H18ClNO4S. The molecule has 1 aromatic heterocycles. The van der Waals surface area contributed by atoms with Gasteiger partial charge in [-0.05, 0) is 42.0 Å². The highest BCUT2D eigenvalue weighted by molar-refractivity contribution is 7.13. The molecular weight excluding hydrogens is 398 g/mol. The molecule has 7 heteroatoms. The molecule has 1 heterocycles. The lowest BCUT2D eigenvalue weighted by Crippen LogP contribution is -2.01. The normalized spacial score (nSPS) is 10.8. The Bertz CT molecular complexity index is 1000. The Kier molecular flexibility index (Phi) is 6.68. The number of thiazole rings is 1. The van der Waals surface area contributed by atoms with Crippen molar-refractivity contribution < 1.29 is 19.0 Å². The quantitative estimate of drug-likeness (QED) is 0.390. The molecule has 0 radical (unpaired) electrons. The zero-order valence-corrected chi connectivity index (χ0v) is 16.9. The van der Waals surface area contributed by atoms with Crippen molar-refractivity contribution >= 4 is 35.0 Å². The average Bonchev–Trinajstić information content (AvgIpc) is 3.19. The van der Waals surface area contributed by atoms with Crippen LogP contribution in [0.2, 0.25) is 5.02 Å². The molecule has 0 amide bonds. The summed E-state index contributed by atoms with van der Waals surface area (Å²) in [6.45, 7) is 0.0997. The molecule has 2 aromatic carbocycles. The van der Waals surface area contributed by atoms with E-state index in [1.807, 2.05) is 35.7 Å². The second-order valence-electron chi connectivity index (χ2n) is 5.71. The maximum Gasteiger partial charge on any atom is 0.331 e. The molecule has 3 aromatic rings. The highest BCUT2D eigenvalue weighted by Gasteiger charge is 2.10. The molecule has 0 N–H and O–H groups in total. The SMILES string of the molecule is COc1ccc(-c2nc(COC(=O)/C=C/c3cccc(Cl)c3)cs2)cc1OC. The zero-order valence-electron chi connectivity index (χ0n) is 15.3. The van der Waals surface area contributed by atoms with Crippen molar-refractivity contribution in [3.63, 3.8) is 0 Å². The second kappa shape index (κ2) is 9.39. The van der Waals surface area contributed by atoms with Gasteiger partial charge in [-0.1, -0.05) is 23.7 Å². The Balaban J connectivity index is 1.61. The second-order valence-corrected chi connectivity index (χ2v) is 7.00. The number of hydrogen-bond acceptors (Lipinski definition) is 6. The van der Waals surface area contributed by atoms with Gasteiger partial charge >= 0.3 is 5.97 Å². The summed E-state index contributed by atoms with van der Waals surface area (Å²) in [6, 6.07) is 12.8. The van der Waals surface area contributed by atoms with Crippen LogP contribution in [0.1, 0.15) is 11.3 Å². The lowest BCUT2D eigenvalue weighted by atomic mass is 10.2. The fraction of sp³-hybridized carbons (Fsp3) is 0.143. The molecule has 0 saturated carbocycles. The smallest absolute Gasteiger partial charge is 0.331 e. The third kappa shape index (κ3) is 5.12. The molecule has 0 bridgehead atoms. The van der Waals surface area contributed by atoms with Crippen LogP contribution < -0.4 is 9.47 Å². The summed E-state index contributed by atoms with van der Waals surface area (Å²) in [5, 5.41) is 3.28. The van der Waals surface area contributed by atoms with Crippen LogP contribution in [0.4, 0.5) is 0 Å². The molecule has 144 valence electrons. The molecule has 0 saturated heterocycles. The van der Waals surface area contributed by atoms with Crippen molar-refractivity contribution in [3.05, 3.63) is 70.2 Å². The molecule has 28 heavy (non-hydrogen) atoms. The monoisotopic (exact) mass is 415 g/mol. The van der Waals surface area contributed by atoms with Crippen LogP contribution in [0.15, 0.2) is 53.9 Å². The first kappa shape index (κ1) is 19.9. The van der Waals surface area contributed by atoms with E-state index in [-0.39, 0.29) is 6.61 Å². The largest absolute Gasteiger partial charge is 0.493 e. The number of hydrogen-bond donors (Lipinski definition) is 0. The minimum Gasteiger partial charge on any atom is -0.493 e. The van der Waals surface area contributed by atoms with Crippen LogP contribution in [0, 0.1) is 0 Å². The van der Waals surface area contributed by atoms with E-state index in [1.165, 1.54) is 17.4 Å². The van der Waals surface area contributed by atoms with E-state index in [0.717, 1.165) is 16.1 Å². The van der Waals surface area contributed by atoms with E-state index in [9.17, 15) is 4.79 Å². The summed E-state index contributed by atoms with van der Waals surface area (Å²) in [5.74, 6) is 0.846. The predicted molar refractivity (Wildman–Crippen MR) is 111 cm³/mol. The van der Waals surface area contributed by atoms with Crippen molar-refractivity contribution in [2.75, 3.05) is 14.2 Å². The van der Waals surface area contributed by atoms with E-state index in [4.69, 9.17) is 25.8 Å². The van der Waals surface area contributed by atoms with Gasteiger partial charge in [0, 0.05) is 22.0 Å². The highest BCUT2D eigenvalue weighted by Crippen LogP contribution is 2.33. The van der Waals surface area contributed by atoms with E-state index in [1.54, 1.807) is 32.4 Å². The van der Waals surface area contributed by atoms with Crippen LogP contribution in [-0.2, 0) is 16.1 Å². The van der Waals surface area contributed by atoms with Gasteiger partial charge in [-0.2, -0.15) is 0 Å². The van der Waals surface area contributed by atoms with Crippen molar-refractivity contribution in [1.29, 1.82) is 0 Å². The Morgan fingerprint density at radius 2 is 1.96 bits per heavy atom. The number of halogens is 1. The number of carbonyl (C=O) groups excluding carboxylic acids is 1. The number of rotatable bonds is 7. The number of ether oxygens (including phenoxy) is 3. The van der Waals surface area contributed by atoms with Crippen molar-refractivity contribution in [1.82, 2.24) is 4.98 Å². The molecule has 5 nitrogen and oxygen atoms in total. The number of carbonyl (C=O) groups is 1. The van der Waals surface area contributed by atoms with Gasteiger partial charge in [-0.3, -0.25) is 0 Å². The Hall–Kier alpha value is -2.83. The first-order valence-corrected chi connectivity index (χ1v) is 9.62. The zero-order chi connectivity index (χ0) is 19.9. The lowest BCUT2D eigenvalue weighted by molar-refractivity contribution is -0.139. The predicted octanol–water partition coefficient (Wildman–Crippen LogP) is 5.24. The van der Waals surface area contributed by atoms with Gasteiger partial charge in [0.15, 0.2) is 11.5 Å². The van der Waals surface area contributed by atoms with Crippen LogP contribution in [-0.4, -0.2) is 25.2 Å². The van der Waals surface area contributed by atoms with Gasteiger partial charge in [-0.25, -0.2) is 9.78 Å². The Morgan fingerprint density at radius 3 is 2.71 bits per heavy atom. The maximum atomic E-state index is 11.9. The van der Waals surface area contributed by atoms with Crippen molar-refractivity contribution in [2.45, 2.75) is 6.61 Å². The third-order valence-electron chi connectivity index (χ3n) is 3.81. The maximum absolute atomic E-state index is 11.9. The number of nitrogens with zero attached hydrogens (tertiary/aromatic N) is 1. The van der Waals surface area contributed by atoms with Crippen LogP contribution >= 0.6 is 22.9 Å².